The summed E-state index contributed by atoms with van der Waals surface area (Å²) in [6.07, 6.45) is 11.4. The van der Waals surface area contributed by atoms with Gasteiger partial charge in [0.05, 0.1) is 0 Å². The Morgan fingerprint density at radius 3 is 2.22 bits per heavy atom. The molecular formula is C25H55BNO4P. The summed E-state index contributed by atoms with van der Waals surface area (Å²) in [5.74, 6) is 0.967. The third kappa shape index (κ3) is 11.1. The van der Waals surface area contributed by atoms with Crippen LogP contribution in [0, 0.1) is 5.92 Å². The van der Waals surface area contributed by atoms with Crippen LogP contribution in [-0.4, -0.2) is 47.6 Å². The molecule has 0 aromatic rings. The van der Waals surface area contributed by atoms with Crippen LogP contribution in [0.5, 0.6) is 0 Å². The van der Waals surface area contributed by atoms with Gasteiger partial charge < -0.3 is 0 Å². The molecule has 4 N–H and O–H groups in total. The molecule has 7 heteroatoms. The Morgan fingerprint density at radius 1 is 1.03 bits per heavy atom. The Kier molecular flexibility index (Phi) is 13.9. The summed E-state index contributed by atoms with van der Waals surface area (Å²) in [6, 6.07) is 0.168. The third-order valence-electron chi connectivity index (χ3n) is 8.00. The van der Waals surface area contributed by atoms with Crippen LogP contribution >= 0.6 is 7.94 Å². The molecule has 1 aliphatic carbocycles. The molecule has 6 unspecified atom stereocenters. The van der Waals surface area contributed by atoms with E-state index in [0.29, 0.717) is 24.4 Å². The van der Waals surface area contributed by atoms with Crippen molar-refractivity contribution in [2.45, 2.75) is 148 Å². The number of ether oxygens (including phenoxy) is 1. The number of hydrogen-bond acceptors (Lipinski definition) is 5. The first-order valence-corrected chi connectivity index (χ1v) is 15.3. The van der Waals surface area contributed by atoms with Gasteiger partial charge in [0.25, 0.3) is 0 Å². The molecule has 0 aromatic heterocycles. The Bertz CT molecular complexity index is 506. The standard InChI is InChI=1S/C25H55BNO4P/c1-8-10-11-19(3)31-24-16-13-22(18-30-32(28,29)20(4)9-2)12-14-23(15-17-24)26-25(6,7)21(5)27/h19-24,26,28-29,32H,8-18,27H2,1-7H3. The maximum absolute atomic E-state index is 10.4. The van der Waals surface area contributed by atoms with Crippen LogP contribution in [0.1, 0.15) is 113 Å². The number of unbranched alkanes of at least 4 members (excludes halogenated alkanes) is 1. The summed E-state index contributed by atoms with van der Waals surface area (Å²) in [7, 11) is -2.48. The van der Waals surface area contributed by atoms with E-state index >= 15 is 0 Å². The van der Waals surface area contributed by atoms with E-state index < -0.39 is 7.94 Å². The van der Waals surface area contributed by atoms with Gasteiger partial charge >= 0.3 is 200 Å². The summed E-state index contributed by atoms with van der Waals surface area (Å²) in [5.41, 5.74) is 6.12. The zero-order chi connectivity index (χ0) is 24.4. The Balaban J connectivity index is 2.84. The average Bonchev–Trinajstić information content (AvgIpc) is 2.81. The molecule has 32 heavy (non-hydrogen) atoms. The zero-order valence-electron chi connectivity index (χ0n) is 22.2. The van der Waals surface area contributed by atoms with Crippen molar-refractivity contribution < 1.29 is 19.0 Å². The summed E-state index contributed by atoms with van der Waals surface area (Å²) in [4.78, 5) is 20.9. The molecule has 6 atom stereocenters. The van der Waals surface area contributed by atoms with Crippen molar-refractivity contribution in [3.05, 3.63) is 0 Å². The topological polar surface area (TPSA) is 84.9 Å². The summed E-state index contributed by atoms with van der Waals surface area (Å²) >= 11 is 0. The van der Waals surface area contributed by atoms with Gasteiger partial charge in [-0.15, -0.1) is 0 Å². The van der Waals surface area contributed by atoms with Crippen molar-refractivity contribution in [3.63, 3.8) is 0 Å². The molecular weight excluding hydrogens is 420 g/mol. The minimum absolute atomic E-state index is 0.115. The van der Waals surface area contributed by atoms with Gasteiger partial charge in [-0.05, 0) is 0 Å². The number of nitrogens with two attached hydrogens (primary N) is 1. The van der Waals surface area contributed by atoms with Gasteiger partial charge in [0, 0.05) is 0 Å². The van der Waals surface area contributed by atoms with E-state index in [1.54, 1.807) is 0 Å². The first-order valence-electron chi connectivity index (χ1n) is 13.4. The van der Waals surface area contributed by atoms with E-state index in [4.69, 9.17) is 15.0 Å². The first-order chi connectivity index (χ1) is 14.9. The van der Waals surface area contributed by atoms with Crippen molar-refractivity contribution in [2.24, 2.45) is 11.7 Å². The molecule has 0 amide bonds. The minimum atomic E-state index is -3.61. The van der Waals surface area contributed by atoms with E-state index in [0.717, 1.165) is 52.2 Å². The molecule has 0 heterocycles. The molecule has 0 aliphatic heterocycles. The van der Waals surface area contributed by atoms with Gasteiger partial charge in [-0.3, -0.25) is 0 Å². The SMILES string of the molecule is CCCCC(C)OC1CCC(BC(C)(C)C(C)N)CCC(CO[PH](O)(O)C(C)CC)CC1. The first kappa shape index (κ1) is 30.3. The summed E-state index contributed by atoms with van der Waals surface area (Å²) in [6.45, 7) is 15.4. The van der Waals surface area contributed by atoms with Gasteiger partial charge in [-0.1, -0.05) is 0 Å². The molecule has 0 aromatic carbocycles. The third-order valence-corrected chi connectivity index (χ3v) is 10.3. The van der Waals surface area contributed by atoms with Crippen molar-refractivity contribution >= 4 is 15.2 Å². The molecule has 1 fully saturated rings. The monoisotopic (exact) mass is 475 g/mol. The fraction of sp³-hybridized carbons (Fsp3) is 1.00. The van der Waals surface area contributed by atoms with Crippen molar-refractivity contribution in [1.29, 1.82) is 0 Å². The van der Waals surface area contributed by atoms with E-state index in [1.165, 1.54) is 19.3 Å². The second-order valence-corrected chi connectivity index (χ2v) is 14.0. The van der Waals surface area contributed by atoms with E-state index in [9.17, 15) is 9.79 Å². The van der Waals surface area contributed by atoms with E-state index in [-0.39, 0.29) is 23.1 Å². The quantitative estimate of drug-likeness (QED) is 0.225. The van der Waals surface area contributed by atoms with Crippen molar-refractivity contribution in [2.75, 3.05) is 6.61 Å². The molecule has 1 aliphatic rings. The maximum atomic E-state index is 10.4. The fourth-order valence-electron chi connectivity index (χ4n) is 4.72. The van der Waals surface area contributed by atoms with Crippen LogP contribution in [0.15, 0.2) is 0 Å². The van der Waals surface area contributed by atoms with E-state index in [1.807, 2.05) is 13.8 Å². The predicted molar refractivity (Wildman–Crippen MR) is 142 cm³/mol. The molecule has 1 rings (SSSR count). The normalized spacial score (nSPS) is 27.0. The van der Waals surface area contributed by atoms with Crippen LogP contribution < -0.4 is 5.73 Å². The van der Waals surface area contributed by atoms with Gasteiger partial charge in [-0.25, -0.2) is 0 Å². The predicted octanol–water partition coefficient (Wildman–Crippen LogP) is 5.99. The van der Waals surface area contributed by atoms with E-state index in [2.05, 4.69) is 34.6 Å². The number of rotatable bonds is 13. The molecule has 0 bridgehead atoms. The van der Waals surface area contributed by atoms with Crippen LogP contribution in [-0.2, 0) is 9.26 Å². The van der Waals surface area contributed by atoms with Crippen LogP contribution in [0.4, 0.5) is 0 Å². The fourth-order valence-corrected chi connectivity index (χ4v) is 6.02. The molecule has 0 saturated heterocycles. The van der Waals surface area contributed by atoms with Crippen LogP contribution in [0.25, 0.3) is 0 Å². The molecule has 1 saturated carbocycles. The molecule has 0 radical (unpaired) electrons. The van der Waals surface area contributed by atoms with Gasteiger partial charge in [0.1, 0.15) is 0 Å². The average molecular weight is 476 g/mol. The van der Waals surface area contributed by atoms with Gasteiger partial charge in [0.15, 0.2) is 0 Å². The molecule has 0 spiro atoms. The number of hydrogen-bond donors (Lipinski definition) is 3. The van der Waals surface area contributed by atoms with Crippen LogP contribution in [0.3, 0.4) is 0 Å². The zero-order valence-corrected chi connectivity index (χ0v) is 23.2. The Hall–Kier alpha value is 0.295. The summed E-state index contributed by atoms with van der Waals surface area (Å²) < 4.78 is 12.3. The second kappa shape index (κ2) is 14.6. The second-order valence-electron chi connectivity index (χ2n) is 11.4. The van der Waals surface area contributed by atoms with Gasteiger partial charge in [0.2, 0.25) is 0 Å². The van der Waals surface area contributed by atoms with Gasteiger partial charge in [-0.2, -0.15) is 0 Å². The molecule has 5 nitrogen and oxygen atoms in total. The summed E-state index contributed by atoms with van der Waals surface area (Å²) in [5, 5.41) is 0.115. The van der Waals surface area contributed by atoms with Crippen LogP contribution in [0.2, 0.25) is 11.1 Å². The van der Waals surface area contributed by atoms with Crippen molar-refractivity contribution in [3.8, 4) is 0 Å². The molecule has 192 valence electrons. The Labute approximate surface area is 200 Å². The van der Waals surface area contributed by atoms with Crippen molar-refractivity contribution in [1.82, 2.24) is 0 Å². The Morgan fingerprint density at radius 2 is 1.62 bits per heavy atom.